The molecule has 1 N–H and O–H groups in total. The van der Waals surface area contributed by atoms with Gasteiger partial charge < -0.3 is 33.2 Å². The Kier molecular flexibility index (Phi) is 8.21. The smallest absolute Gasteiger partial charge is 0.341 e. The molecule has 1 radical (unpaired) electrons. The van der Waals surface area contributed by atoms with Crippen molar-refractivity contribution in [3.05, 3.63) is 40.6 Å². The molecule has 0 saturated heterocycles. The third kappa shape index (κ3) is 4.90. The van der Waals surface area contributed by atoms with E-state index >= 15 is 0 Å². The first-order valence-electron chi connectivity index (χ1n) is 8.73. The van der Waals surface area contributed by atoms with Gasteiger partial charge in [-0.2, -0.15) is 0 Å². The van der Waals surface area contributed by atoms with Crippen molar-refractivity contribution in [3.63, 3.8) is 0 Å². The van der Waals surface area contributed by atoms with Crippen LogP contribution in [0.4, 0.5) is 0 Å². The van der Waals surface area contributed by atoms with E-state index in [4.69, 9.17) is 33.2 Å². The summed E-state index contributed by atoms with van der Waals surface area (Å²) in [6.07, 6.45) is 0. The van der Waals surface area contributed by atoms with Crippen molar-refractivity contribution in [1.82, 2.24) is 0 Å². The monoisotopic (exact) mass is 439 g/mol. The molecule has 0 fully saturated rings. The SMILES string of the molecule is COc1ccc(-c2cc(=O)c3c(OC)c(OC)c(OCC(=O)O)cc3o2)cc1OC.[Na]. The van der Waals surface area contributed by atoms with Crippen molar-refractivity contribution in [3.8, 4) is 40.1 Å². The molecule has 159 valence electrons. The van der Waals surface area contributed by atoms with Crippen LogP contribution >= 0.6 is 0 Å². The number of hydrogen-bond donors (Lipinski definition) is 1. The maximum atomic E-state index is 12.9. The molecule has 0 aliphatic rings. The predicted molar refractivity (Wildman–Crippen MR) is 113 cm³/mol. The summed E-state index contributed by atoms with van der Waals surface area (Å²) in [6, 6.07) is 7.79. The minimum absolute atomic E-state index is 0. The van der Waals surface area contributed by atoms with Crippen LogP contribution in [0.3, 0.4) is 0 Å². The number of rotatable bonds is 8. The Hall–Kier alpha value is -2.88. The molecule has 31 heavy (non-hydrogen) atoms. The molecule has 0 atom stereocenters. The predicted octanol–water partition coefficient (Wildman–Crippen LogP) is 2.58. The zero-order valence-electron chi connectivity index (χ0n) is 17.8. The van der Waals surface area contributed by atoms with Gasteiger partial charge in [0, 0.05) is 47.3 Å². The molecular weight excluding hydrogens is 419 g/mol. The fraction of sp³-hybridized carbons (Fsp3) is 0.238. The number of ether oxygens (including phenoxy) is 5. The zero-order chi connectivity index (χ0) is 21.8. The fourth-order valence-corrected chi connectivity index (χ4v) is 3.01. The maximum absolute atomic E-state index is 12.9. The molecule has 0 unspecified atom stereocenters. The third-order valence-electron chi connectivity index (χ3n) is 4.32. The Bertz CT molecular complexity index is 1150. The van der Waals surface area contributed by atoms with Crippen molar-refractivity contribution in [2.45, 2.75) is 0 Å². The van der Waals surface area contributed by atoms with E-state index < -0.39 is 12.6 Å². The second-order valence-corrected chi connectivity index (χ2v) is 6.04. The van der Waals surface area contributed by atoms with Crippen LogP contribution in [-0.2, 0) is 4.79 Å². The molecule has 10 heteroatoms. The Morgan fingerprint density at radius 1 is 0.903 bits per heavy atom. The third-order valence-corrected chi connectivity index (χ3v) is 4.32. The van der Waals surface area contributed by atoms with Gasteiger partial charge in [0.25, 0.3) is 0 Å². The van der Waals surface area contributed by atoms with Gasteiger partial charge in [-0.1, -0.05) is 0 Å². The van der Waals surface area contributed by atoms with E-state index in [1.807, 2.05) is 0 Å². The van der Waals surface area contributed by atoms with E-state index in [1.54, 1.807) is 18.2 Å². The van der Waals surface area contributed by atoms with Crippen LogP contribution in [0.15, 0.2) is 39.5 Å². The average molecular weight is 439 g/mol. The van der Waals surface area contributed by atoms with Crippen LogP contribution in [0.25, 0.3) is 22.3 Å². The second kappa shape index (κ2) is 10.4. The van der Waals surface area contributed by atoms with Crippen molar-refractivity contribution in [2.75, 3.05) is 35.0 Å². The largest absolute Gasteiger partial charge is 0.493 e. The molecule has 0 bridgehead atoms. The summed E-state index contributed by atoms with van der Waals surface area (Å²) in [7, 11) is 5.74. The molecule has 3 aromatic rings. The summed E-state index contributed by atoms with van der Waals surface area (Å²) in [5, 5.41) is 9.05. The molecule has 0 aliphatic carbocycles. The van der Waals surface area contributed by atoms with Crippen molar-refractivity contribution in [1.29, 1.82) is 0 Å². The van der Waals surface area contributed by atoms with Gasteiger partial charge in [0.05, 0.1) is 28.4 Å². The summed E-state index contributed by atoms with van der Waals surface area (Å²) in [5.74, 6) is 0.342. The first kappa shape index (κ1) is 24.4. The minimum atomic E-state index is -1.17. The Balaban J connectivity index is 0.00000341. The van der Waals surface area contributed by atoms with E-state index in [1.165, 1.54) is 40.6 Å². The van der Waals surface area contributed by atoms with Crippen LogP contribution in [0.1, 0.15) is 0 Å². The molecule has 2 aromatic carbocycles. The van der Waals surface area contributed by atoms with Crippen LogP contribution < -0.4 is 29.1 Å². The topological polar surface area (TPSA) is 114 Å². The number of aliphatic carboxylic acids is 1. The van der Waals surface area contributed by atoms with Crippen LogP contribution in [0, 0.1) is 0 Å². The normalized spacial score (nSPS) is 10.2. The maximum Gasteiger partial charge on any atom is 0.341 e. The second-order valence-electron chi connectivity index (χ2n) is 6.04. The van der Waals surface area contributed by atoms with Crippen molar-refractivity contribution >= 4 is 46.5 Å². The van der Waals surface area contributed by atoms with Crippen molar-refractivity contribution < 1.29 is 38.0 Å². The zero-order valence-corrected chi connectivity index (χ0v) is 19.8. The van der Waals surface area contributed by atoms with Gasteiger partial charge in [0.1, 0.15) is 16.7 Å². The first-order valence-corrected chi connectivity index (χ1v) is 8.73. The van der Waals surface area contributed by atoms with E-state index in [0.717, 1.165) is 0 Å². The summed E-state index contributed by atoms with van der Waals surface area (Å²) < 4.78 is 32.4. The molecule has 0 spiro atoms. The number of benzene rings is 2. The molecule has 1 heterocycles. The van der Waals surface area contributed by atoms with Gasteiger partial charge in [-0.25, -0.2) is 4.79 Å². The number of fused-ring (bicyclic) bond motifs is 1. The van der Waals surface area contributed by atoms with Gasteiger partial charge in [-0.05, 0) is 18.2 Å². The number of methoxy groups -OCH3 is 4. The minimum Gasteiger partial charge on any atom is -0.493 e. The summed E-state index contributed by atoms with van der Waals surface area (Å²) in [4.78, 5) is 23.8. The van der Waals surface area contributed by atoms with Crippen LogP contribution in [-0.4, -0.2) is 75.7 Å². The van der Waals surface area contributed by atoms with Gasteiger partial charge in [-0.3, -0.25) is 4.79 Å². The van der Waals surface area contributed by atoms with E-state index in [2.05, 4.69) is 0 Å². The summed E-state index contributed by atoms with van der Waals surface area (Å²) >= 11 is 0. The molecule has 1 aromatic heterocycles. The van der Waals surface area contributed by atoms with Gasteiger partial charge in [-0.15, -0.1) is 0 Å². The summed E-state index contributed by atoms with van der Waals surface area (Å²) in [5.41, 5.74) is 0.348. The molecule has 0 saturated carbocycles. The van der Waals surface area contributed by atoms with Gasteiger partial charge in [0.2, 0.25) is 5.75 Å². The standard InChI is InChI=1S/C21H20O9.Na/c1-25-13-6-5-11(7-15(13)26-2)14-8-12(22)19-16(30-14)9-17(29-10-18(23)24)20(27-3)21(19)28-4;/h5-9H,10H2,1-4H3,(H,23,24);. The van der Waals surface area contributed by atoms with Gasteiger partial charge >= 0.3 is 5.97 Å². The Morgan fingerprint density at radius 3 is 2.16 bits per heavy atom. The van der Waals surface area contributed by atoms with E-state index in [-0.39, 0.29) is 69.0 Å². The van der Waals surface area contributed by atoms with Crippen molar-refractivity contribution in [2.24, 2.45) is 0 Å². The molecule has 0 amide bonds. The first-order chi connectivity index (χ1) is 14.4. The number of carbonyl (C=O) groups is 1. The van der Waals surface area contributed by atoms with Gasteiger partial charge in [0.15, 0.2) is 35.0 Å². The molecule has 0 aliphatic heterocycles. The molecule has 9 nitrogen and oxygen atoms in total. The number of hydrogen-bond acceptors (Lipinski definition) is 8. The average Bonchev–Trinajstić information content (AvgIpc) is 2.75. The fourth-order valence-electron chi connectivity index (χ4n) is 3.01. The molecule has 3 rings (SSSR count). The van der Waals surface area contributed by atoms with Crippen LogP contribution in [0.5, 0.6) is 28.7 Å². The Morgan fingerprint density at radius 2 is 1.58 bits per heavy atom. The van der Waals surface area contributed by atoms with E-state index in [0.29, 0.717) is 17.1 Å². The van der Waals surface area contributed by atoms with E-state index in [9.17, 15) is 9.59 Å². The summed E-state index contributed by atoms with van der Waals surface area (Å²) in [6.45, 7) is -0.607. The number of carboxylic acid groups (broad SMARTS) is 1. The van der Waals surface area contributed by atoms with Crippen LogP contribution in [0.2, 0.25) is 0 Å². The molecular formula is C21H20NaO9. The Labute approximate surface area is 199 Å². The number of carboxylic acids is 1. The quantitative estimate of drug-likeness (QED) is 0.529.